The van der Waals surface area contributed by atoms with Crippen molar-refractivity contribution in [1.29, 1.82) is 0 Å². The Morgan fingerprint density at radius 3 is 2.62 bits per heavy atom. The van der Waals surface area contributed by atoms with E-state index < -0.39 is 0 Å². The maximum absolute atomic E-state index is 13.7. The Kier molecular flexibility index (Phi) is 3.08. The summed E-state index contributed by atoms with van der Waals surface area (Å²) in [6.07, 6.45) is 0. The van der Waals surface area contributed by atoms with Gasteiger partial charge in [-0.15, -0.1) is 11.3 Å². The van der Waals surface area contributed by atoms with Crippen LogP contribution in [-0.2, 0) is 0 Å². The molecule has 0 saturated carbocycles. The molecule has 3 heteroatoms. The van der Waals surface area contributed by atoms with Crippen molar-refractivity contribution in [3.05, 3.63) is 45.9 Å². The quantitative estimate of drug-likeness (QED) is 0.839. The summed E-state index contributed by atoms with van der Waals surface area (Å²) in [7, 11) is 0. The van der Waals surface area contributed by atoms with E-state index >= 15 is 0 Å². The average Bonchev–Trinajstić information content (AvgIpc) is 2.65. The van der Waals surface area contributed by atoms with Crippen LogP contribution in [-0.4, -0.2) is 0 Å². The second kappa shape index (κ2) is 4.36. The molecule has 2 aromatic rings. The van der Waals surface area contributed by atoms with Crippen molar-refractivity contribution in [2.45, 2.75) is 19.9 Å². The number of benzene rings is 1. The van der Waals surface area contributed by atoms with E-state index in [-0.39, 0.29) is 11.9 Å². The third kappa shape index (κ3) is 2.15. The summed E-state index contributed by atoms with van der Waals surface area (Å²) < 4.78 is 13.7. The zero-order valence-corrected chi connectivity index (χ0v) is 10.1. The fourth-order valence-corrected chi connectivity index (χ4v) is 2.33. The van der Waals surface area contributed by atoms with Crippen molar-refractivity contribution in [2.75, 3.05) is 0 Å². The van der Waals surface area contributed by atoms with E-state index in [9.17, 15) is 4.39 Å². The van der Waals surface area contributed by atoms with E-state index in [2.05, 4.69) is 0 Å². The van der Waals surface area contributed by atoms with Crippen LogP contribution in [0.15, 0.2) is 29.6 Å². The SMILES string of the molecule is Cc1cc(-c2cc(C(C)N)ccc2F)cs1. The lowest BCUT2D eigenvalue weighted by molar-refractivity contribution is 0.629. The highest BCUT2D eigenvalue weighted by Gasteiger charge is 2.09. The molecular formula is C13H14FNS. The van der Waals surface area contributed by atoms with Crippen LogP contribution in [0.1, 0.15) is 23.4 Å². The fourth-order valence-electron chi connectivity index (χ4n) is 1.63. The first-order valence-electron chi connectivity index (χ1n) is 5.18. The van der Waals surface area contributed by atoms with Crippen molar-refractivity contribution in [1.82, 2.24) is 0 Å². The van der Waals surface area contributed by atoms with E-state index in [0.29, 0.717) is 5.56 Å². The molecule has 0 radical (unpaired) electrons. The van der Waals surface area contributed by atoms with Crippen LogP contribution in [0, 0.1) is 12.7 Å². The second-order valence-corrected chi connectivity index (χ2v) is 5.09. The van der Waals surface area contributed by atoms with Crippen LogP contribution >= 0.6 is 11.3 Å². The van der Waals surface area contributed by atoms with E-state index in [1.54, 1.807) is 17.4 Å². The van der Waals surface area contributed by atoms with Crippen molar-refractivity contribution in [2.24, 2.45) is 5.73 Å². The summed E-state index contributed by atoms with van der Waals surface area (Å²) in [6, 6.07) is 6.98. The highest BCUT2D eigenvalue weighted by atomic mass is 32.1. The zero-order valence-electron chi connectivity index (χ0n) is 9.33. The normalized spacial score (nSPS) is 12.8. The van der Waals surface area contributed by atoms with Crippen LogP contribution in [0.3, 0.4) is 0 Å². The van der Waals surface area contributed by atoms with Crippen LogP contribution < -0.4 is 5.73 Å². The first kappa shape index (κ1) is 11.3. The highest BCUT2D eigenvalue weighted by molar-refractivity contribution is 7.10. The zero-order chi connectivity index (χ0) is 11.7. The summed E-state index contributed by atoms with van der Waals surface area (Å²) in [4.78, 5) is 1.18. The second-order valence-electron chi connectivity index (χ2n) is 3.97. The molecule has 1 heterocycles. The van der Waals surface area contributed by atoms with E-state index in [4.69, 9.17) is 5.73 Å². The average molecular weight is 235 g/mol. The summed E-state index contributed by atoms with van der Waals surface area (Å²) in [6.45, 7) is 3.91. The molecule has 0 bridgehead atoms. The summed E-state index contributed by atoms with van der Waals surface area (Å²) >= 11 is 1.62. The topological polar surface area (TPSA) is 26.0 Å². The van der Waals surface area contributed by atoms with Gasteiger partial charge in [-0.3, -0.25) is 0 Å². The van der Waals surface area contributed by atoms with Crippen LogP contribution in [0.5, 0.6) is 0 Å². The van der Waals surface area contributed by atoms with Crippen molar-refractivity contribution >= 4 is 11.3 Å². The smallest absolute Gasteiger partial charge is 0.131 e. The first-order chi connectivity index (χ1) is 7.58. The molecule has 0 aliphatic heterocycles. The maximum Gasteiger partial charge on any atom is 0.131 e. The predicted molar refractivity (Wildman–Crippen MR) is 67.1 cm³/mol. The van der Waals surface area contributed by atoms with Crippen molar-refractivity contribution in [3.63, 3.8) is 0 Å². The fraction of sp³-hybridized carbons (Fsp3) is 0.231. The summed E-state index contributed by atoms with van der Waals surface area (Å²) in [5, 5.41) is 1.97. The molecule has 2 N–H and O–H groups in total. The molecule has 0 aliphatic rings. The predicted octanol–water partition coefficient (Wildman–Crippen LogP) is 3.88. The Labute approximate surface area is 98.7 Å². The maximum atomic E-state index is 13.7. The van der Waals surface area contributed by atoms with Crippen LogP contribution in [0.4, 0.5) is 4.39 Å². The number of rotatable bonds is 2. The summed E-state index contributed by atoms with van der Waals surface area (Å²) in [5.74, 6) is -0.192. The van der Waals surface area contributed by atoms with Gasteiger partial charge in [-0.2, -0.15) is 0 Å². The Balaban J connectivity index is 2.51. The Morgan fingerprint density at radius 2 is 2.06 bits per heavy atom. The number of halogens is 1. The largest absolute Gasteiger partial charge is 0.324 e. The molecule has 0 fully saturated rings. The molecule has 84 valence electrons. The van der Waals surface area contributed by atoms with Crippen LogP contribution in [0.25, 0.3) is 11.1 Å². The van der Waals surface area contributed by atoms with Gasteiger partial charge in [-0.05, 0) is 48.6 Å². The molecule has 1 unspecified atom stereocenters. The van der Waals surface area contributed by atoms with Gasteiger partial charge < -0.3 is 5.73 Å². The minimum Gasteiger partial charge on any atom is -0.324 e. The van der Waals surface area contributed by atoms with Crippen LogP contribution in [0.2, 0.25) is 0 Å². The number of hydrogen-bond donors (Lipinski definition) is 1. The molecule has 0 spiro atoms. The monoisotopic (exact) mass is 235 g/mol. The molecule has 1 atom stereocenters. The standard InChI is InChI=1S/C13H14FNS/c1-8-5-11(7-16-8)12-6-10(9(2)15)3-4-13(12)14/h3-7,9H,15H2,1-2H3. The van der Waals surface area contributed by atoms with Crippen molar-refractivity contribution < 1.29 is 4.39 Å². The lowest BCUT2D eigenvalue weighted by Crippen LogP contribution is -2.05. The molecule has 0 amide bonds. The van der Waals surface area contributed by atoms with E-state index in [1.807, 2.05) is 31.4 Å². The molecule has 1 aromatic heterocycles. The number of hydrogen-bond acceptors (Lipinski definition) is 2. The van der Waals surface area contributed by atoms with Gasteiger partial charge in [0, 0.05) is 16.5 Å². The Bertz CT molecular complexity index is 502. The van der Waals surface area contributed by atoms with Gasteiger partial charge in [0.05, 0.1) is 0 Å². The number of thiophene rings is 1. The number of nitrogens with two attached hydrogens (primary N) is 1. The molecule has 16 heavy (non-hydrogen) atoms. The van der Waals surface area contributed by atoms with Crippen molar-refractivity contribution in [3.8, 4) is 11.1 Å². The molecular weight excluding hydrogens is 221 g/mol. The molecule has 1 aromatic carbocycles. The van der Waals surface area contributed by atoms with E-state index in [0.717, 1.165) is 11.1 Å². The lowest BCUT2D eigenvalue weighted by Gasteiger charge is -2.08. The minimum atomic E-state index is -0.192. The van der Waals surface area contributed by atoms with Gasteiger partial charge in [-0.1, -0.05) is 6.07 Å². The Morgan fingerprint density at radius 1 is 1.31 bits per heavy atom. The Hall–Kier alpha value is -1.19. The third-order valence-electron chi connectivity index (χ3n) is 2.56. The van der Waals surface area contributed by atoms with Gasteiger partial charge in [-0.25, -0.2) is 4.39 Å². The molecule has 0 saturated heterocycles. The highest BCUT2D eigenvalue weighted by Crippen LogP contribution is 2.29. The van der Waals surface area contributed by atoms with Gasteiger partial charge in [0.25, 0.3) is 0 Å². The lowest BCUT2D eigenvalue weighted by atomic mass is 10.0. The molecule has 2 rings (SSSR count). The number of aryl methyl sites for hydroxylation is 1. The first-order valence-corrected chi connectivity index (χ1v) is 6.06. The summed E-state index contributed by atoms with van der Waals surface area (Å²) in [5.41, 5.74) is 8.33. The third-order valence-corrected chi connectivity index (χ3v) is 3.42. The van der Waals surface area contributed by atoms with Gasteiger partial charge in [0.2, 0.25) is 0 Å². The molecule has 1 nitrogen and oxygen atoms in total. The van der Waals surface area contributed by atoms with Gasteiger partial charge in [0.15, 0.2) is 0 Å². The molecule has 0 aliphatic carbocycles. The van der Waals surface area contributed by atoms with E-state index in [1.165, 1.54) is 10.9 Å². The minimum absolute atomic E-state index is 0.0703. The van der Waals surface area contributed by atoms with Gasteiger partial charge >= 0.3 is 0 Å². The van der Waals surface area contributed by atoms with Gasteiger partial charge in [0.1, 0.15) is 5.82 Å².